The van der Waals surface area contributed by atoms with Gasteiger partial charge < -0.3 is 0 Å². The van der Waals surface area contributed by atoms with Gasteiger partial charge in [0.1, 0.15) is 17.4 Å². The first-order valence-corrected chi connectivity index (χ1v) is 5.65. The van der Waals surface area contributed by atoms with Gasteiger partial charge in [-0.25, -0.2) is 14.4 Å². The zero-order chi connectivity index (χ0) is 13.1. The molecular formula is C14H13FN2O. The van der Waals surface area contributed by atoms with Crippen molar-refractivity contribution < 1.29 is 9.18 Å². The maximum Gasteiger partial charge on any atom is 0.137 e. The molecule has 0 aliphatic heterocycles. The Morgan fingerprint density at radius 3 is 2.67 bits per heavy atom. The molecule has 92 valence electrons. The SMILES string of the molecule is CC(=O)Cc1nc(C)cc(-c2ccccc2F)n1. The normalized spacial score (nSPS) is 10.4. The van der Waals surface area contributed by atoms with Gasteiger partial charge in [-0.3, -0.25) is 4.79 Å². The monoisotopic (exact) mass is 244 g/mol. The van der Waals surface area contributed by atoms with Gasteiger partial charge in [0.25, 0.3) is 0 Å². The number of carbonyl (C=O) groups excluding carboxylic acids is 1. The summed E-state index contributed by atoms with van der Waals surface area (Å²) < 4.78 is 13.7. The molecule has 0 spiro atoms. The first kappa shape index (κ1) is 12.4. The Balaban J connectivity index is 2.48. The van der Waals surface area contributed by atoms with Crippen molar-refractivity contribution in [2.75, 3.05) is 0 Å². The Bertz CT molecular complexity index is 596. The third-order valence-corrected chi connectivity index (χ3v) is 2.46. The number of aromatic nitrogens is 2. The molecule has 1 aromatic carbocycles. The van der Waals surface area contributed by atoms with Gasteiger partial charge >= 0.3 is 0 Å². The van der Waals surface area contributed by atoms with Crippen molar-refractivity contribution in [3.8, 4) is 11.3 Å². The Labute approximate surface area is 105 Å². The molecule has 2 aromatic rings. The van der Waals surface area contributed by atoms with Crippen molar-refractivity contribution in [2.24, 2.45) is 0 Å². The highest BCUT2D eigenvalue weighted by molar-refractivity contribution is 5.77. The van der Waals surface area contributed by atoms with Crippen molar-refractivity contribution in [2.45, 2.75) is 20.3 Å². The number of rotatable bonds is 3. The van der Waals surface area contributed by atoms with Gasteiger partial charge in [0.05, 0.1) is 12.1 Å². The lowest BCUT2D eigenvalue weighted by Gasteiger charge is -2.06. The lowest BCUT2D eigenvalue weighted by atomic mass is 10.1. The van der Waals surface area contributed by atoms with Gasteiger partial charge in [-0.2, -0.15) is 0 Å². The van der Waals surface area contributed by atoms with Gasteiger partial charge in [0, 0.05) is 11.3 Å². The minimum atomic E-state index is -0.329. The summed E-state index contributed by atoms with van der Waals surface area (Å²) in [6, 6.07) is 8.14. The van der Waals surface area contributed by atoms with E-state index in [0.29, 0.717) is 17.1 Å². The summed E-state index contributed by atoms with van der Waals surface area (Å²) in [5, 5.41) is 0. The van der Waals surface area contributed by atoms with Crippen LogP contribution < -0.4 is 0 Å². The predicted molar refractivity (Wildman–Crippen MR) is 66.5 cm³/mol. The van der Waals surface area contributed by atoms with E-state index < -0.39 is 0 Å². The molecule has 0 aliphatic carbocycles. The number of halogens is 1. The number of benzene rings is 1. The fourth-order valence-electron chi connectivity index (χ4n) is 1.74. The van der Waals surface area contributed by atoms with E-state index in [1.54, 1.807) is 31.2 Å². The summed E-state index contributed by atoms with van der Waals surface area (Å²) in [5.74, 6) is 0.0882. The summed E-state index contributed by atoms with van der Waals surface area (Å²) in [4.78, 5) is 19.5. The molecule has 1 heterocycles. The molecule has 3 nitrogen and oxygen atoms in total. The quantitative estimate of drug-likeness (QED) is 0.833. The Kier molecular flexibility index (Phi) is 3.46. The molecule has 0 N–H and O–H groups in total. The van der Waals surface area contributed by atoms with E-state index in [4.69, 9.17) is 0 Å². The van der Waals surface area contributed by atoms with Gasteiger partial charge in [0.15, 0.2) is 0 Å². The maximum atomic E-state index is 13.7. The molecule has 0 aliphatic rings. The lowest BCUT2D eigenvalue weighted by Crippen LogP contribution is -2.05. The highest BCUT2D eigenvalue weighted by Gasteiger charge is 2.09. The lowest BCUT2D eigenvalue weighted by molar-refractivity contribution is -0.116. The van der Waals surface area contributed by atoms with Crippen molar-refractivity contribution in [1.29, 1.82) is 0 Å². The zero-order valence-corrected chi connectivity index (χ0v) is 10.3. The Morgan fingerprint density at radius 2 is 2.00 bits per heavy atom. The van der Waals surface area contributed by atoms with Crippen molar-refractivity contribution in [3.05, 3.63) is 47.7 Å². The molecule has 4 heteroatoms. The predicted octanol–water partition coefficient (Wildman–Crippen LogP) is 2.72. The van der Waals surface area contributed by atoms with Crippen LogP contribution >= 0.6 is 0 Å². The van der Waals surface area contributed by atoms with E-state index >= 15 is 0 Å². The first-order chi connectivity index (χ1) is 8.56. The minimum Gasteiger partial charge on any atom is -0.300 e. The van der Waals surface area contributed by atoms with Gasteiger partial charge in [-0.1, -0.05) is 12.1 Å². The highest BCUT2D eigenvalue weighted by atomic mass is 19.1. The van der Waals surface area contributed by atoms with Crippen LogP contribution in [0.3, 0.4) is 0 Å². The number of hydrogen-bond acceptors (Lipinski definition) is 3. The third-order valence-electron chi connectivity index (χ3n) is 2.46. The van der Waals surface area contributed by atoms with E-state index in [0.717, 1.165) is 5.69 Å². The van der Waals surface area contributed by atoms with Crippen LogP contribution in [0.1, 0.15) is 18.4 Å². The minimum absolute atomic E-state index is 0.0138. The fourth-order valence-corrected chi connectivity index (χ4v) is 1.74. The number of carbonyl (C=O) groups is 1. The van der Waals surface area contributed by atoms with Crippen LogP contribution in [0.25, 0.3) is 11.3 Å². The molecule has 18 heavy (non-hydrogen) atoms. The molecule has 0 unspecified atom stereocenters. The second-order valence-corrected chi connectivity index (χ2v) is 4.17. The fraction of sp³-hybridized carbons (Fsp3) is 0.214. The first-order valence-electron chi connectivity index (χ1n) is 5.65. The molecular weight excluding hydrogens is 231 g/mol. The molecule has 0 saturated carbocycles. The largest absolute Gasteiger partial charge is 0.300 e. The van der Waals surface area contributed by atoms with E-state index in [-0.39, 0.29) is 18.0 Å². The molecule has 2 rings (SSSR count). The molecule has 0 saturated heterocycles. The van der Waals surface area contributed by atoms with Crippen LogP contribution in [0, 0.1) is 12.7 Å². The summed E-state index contributed by atoms with van der Waals surface area (Å²) in [5.41, 5.74) is 1.66. The number of nitrogens with zero attached hydrogens (tertiary/aromatic N) is 2. The van der Waals surface area contributed by atoms with E-state index in [1.807, 2.05) is 0 Å². The molecule has 0 atom stereocenters. The van der Waals surface area contributed by atoms with Gasteiger partial charge in [0.2, 0.25) is 0 Å². The van der Waals surface area contributed by atoms with Gasteiger partial charge in [-0.05, 0) is 32.0 Å². The topological polar surface area (TPSA) is 42.9 Å². The molecule has 1 aromatic heterocycles. The van der Waals surface area contributed by atoms with Crippen molar-refractivity contribution in [3.63, 3.8) is 0 Å². The van der Waals surface area contributed by atoms with Crippen LogP contribution in [-0.2, 0) is 11.2 Å². The van der Waals surface area contributed by atoms with Crippen LogP contribution in [0.2, 0.25) is 0 Å². The van der Waals surface area contributed by atoms with Crippen LogP contribution in [0.4, 0.5) is 4.39 Å². The van der Waals surface area contributed by atoms with Gasteiger partial charge in [-0.15, -0.1) is 0 Å². The number of Topliss-reactive ketones (excluding diaryl/α,β-unsaturated/α-hetero) is 1. The molecule has 0 fully saturated rings. The Hall–Kier alpha value is -2.10. The highest BCUT2D eigenvalue weighted by Crippen LogP contribution is 2.21. The van der Waals surface area contributed by atoms with Crippen LogP contribution in [-0.4, -0.2) is 15.8 Å². The number of ketones is 1. The second kappa shape index (κ2) is 5.04. The second-order valence-electron chi connectivity index (χ2n) is 4.17. The standard InChI is InChI=1S/C14H13FN2O/c1-9-7-13(11-5-3-4-6-12(11)15)17-14(16-9)8-10(2)18/h3-7H,8H2,1-2H3. The third kappa shape index (κ3) is 2.77. The van der Waals surface area contributed by atoms with Crippen molar-refractivity contribution >= 4 is 5.78 Å². The van der Waals surface area contributed by atoms with E-state index in [2.05, 4.69) is 9.97 Å². The zero-order valence-electron chi connectivity index (χ0n) is 10.3. The maximum absolute atomic E-state index is 13.7. The summed E-state index contributed by atoms with van der Waals surface area (Å²) >= 11 is 0. The number of aryl methyl sites for hydroxylation is 1. The molecule has 0 bridgehead atoms. The molecule has 0 radical (unpaired) electrons. The summed E-state index contributed by atoms with van der Waals surface area (Å²) in [7, 11) is 0. The average molecular weight is 244 g/mol. The average Bonchev–Trinajstić information content (AvgIpc) is 2.27. The molecule has 0 amide bonds. The van der Waals surface area contributed by atoms with Crippen LogP contribution in [0.5, 0.6) is 0 Å². The van der Waals surface area contributed by atoms with E-state index in [9.17, 15) is 9.18 Å². The van der Waals surface area contributed by atoms with E-state index in [1.165, 1.54) is 13.0 Å². The summed E-state index contributed by atoms with van der Waals surface area (Å²) in [6.45, 7) is 3.28. The smallest absolute Gasteiger partial charge is 0.137 e. The number of hydrogen-bond donors (Lipinski definition) is 0. The van der Waals surface area contributed by atoms with Crippen molar-refractivity contribution in [1.82, 2.24) is 9.97 Å². The Morgan fingerprint density at radius 1 is 1.28 bits per heavy atom. The summed E-state index contributed by atoms with van der Waals surface area (Å²) in [6.07, 6.45) is 0.170. The van der Waals surface area contributed by atoms with Crippen LogP contribution in [0.15, 0.2) is 30.3 Å².